The van der Waals surface area contributed by atoms with E-state index in [0.29, 0.717) is 12.1 Å². The fourth-order valence-electron chi connectivity index (χ4n) is 3.05. The van der Waals surface area contributed by atoms with Crippen LogP contribution in [0, 0.1) is 5.82 Å². The van der Waals surface area contributed by atoms with Gasteiger partial charge in [0.1, 0.15) is 12.2 Å². The summed E-state index contributed by atoms with van der Waals surface area (Å²) in [6.45, 7) is 2.43. The van der Waals surface area contributed by atoms with E-state index in [1.165, 1.54) is 6.07 Å². The van der Waals surface area contributed by atoms with E-state index in [-0.39, 0.29) is 25.4 Å². The van der Waals surface area contributed by atoms with Gasteiger partial charge in [0, 0.05) is 31.2 Å². The van der Waals surface area contributed by atoms with E-state index in [0.717, 1.165) is 0 Å². The molecule has 0 spiro atoms. The zero-order valence-corrected chi connectivity index (χ0v) is 14.3. The molecule has 5 nitrogen and oxygen atoms in total. The number of carbonyl (C=O) groups excluding carboxylic acids is 2. The zero-order chi connectivity index (χ0) is 19.3. The van der Waals surface area contributed by atoms with Gasteiger partial charge in [-0.05, 0) is 19.4 Å². The highest BCUT2D eigenvalue weighted by molar-refractivity contribution is 5.82. The molecule has 0 unspecified atom stereocenters. The van der Waals surface area contributed by atoms with E-state index >= 15 is 0 Å². The molecule has 2 atom stereocenters. The van der Waals surface area contributed by atoms with Crippen LogP contribution < -0.4 is 10.6 Å². The number of nitrogens with zero attached hydrogens (tertiary/aromatic N) is 1. The average molecular weight is 375 g/mol. The summed E-state index contributed by atoms with van der Waals surface area (Å²) in [6, 6.07) is 4.84. The van der Waals surface area contributed by atoms with Crippen molar-refractivity contribution in [3.63, 3.8) is 0 Å². The van der Waals surface area contributed by atoms with Gasteiger partial charge in [0.15, 0.2) is 0 Å². The Balaban J connectivity index is 2.07. The smallest absolute Gasteiger partial charge is 0.355 e. The third-order valence-corrected chi connectivity index (χ3v) is 4.11. The summed E-state index contributed by atoms with van der Waals surface area (Å²) in [5.74, 6) is -1.85. The Labute approximate surface area is 148 Å². The molecule has 2 N–H and O–H groups in total. The minimum absolute atomic E-state index is 0.125. The summed E-state index contributed by atoms with van der Waals surface area (Å²) in [4.78, 5) is 25.4. The summed E-state index contributed by atoms with van der Waals surface area (Å²) < 4.78 is 50.8. The Morgan fingerprint density at radius 3 is 2.58 bits per heavy atom. The highest BCUT2D eigenvalue weighted by Crippen LogP contribution is 2.24. The van der Waals surface area contributed by atoms with Crippen molar-refractivity contribution in [2.75, 3.05) is 13.1 Å². The molecular weight excluding hydrogens is 354 g/mol. The first-order valence-corrected chi connectivity index (χ1v) is 8.31. The van der Waals surface area contributed by atoms with Gasteiger partial charge in [0.2, 0.25) is 11.8 Å². The van der Waals surface area contributed by atoms with Crippen molar-refractivity contribution < 1.29 is 27.2 Å². The van der Waals surface area contributed by atoms with Gasteiger partial charge in [0.25, 0.3) is 0 Å². The topological polar surface area (TPSA) is 61.4 Å². The summed E-state index contributed by atoms with van der Waals surface area (Å²) in [5.41, 5.74) is 0.379. The highest BCUT2D eigenvalue weighted by Gasteiger charge is 2.39. The fraction of sp³-hybridized carbons (Fsp3) is 0.529. The van der Waals surface area contributed by atoms with Crippen LogP contribution in [0.2, 0.25) is 0 Å². The lowest BCUT2D eigenvalue weighted by Crippen LogP contribution is -2.42. The van der Waals surface area contributed by atoms with Gasteiger partial charge in [0.05, 0.1) is 6.04 Å². The molecule has 0 aliphatic carbocycles. The molecule has 0 saturated carbocycles. The third kappa shape index (κ3) is 5.69. The van der Waals surface area contributed by atoms with Gasteiger partial charge in [-0.3, -0.25) is 14.5 Å². The van der Waals surface area contributed by atoms with Crippen LogP contribution in [-0.4, -0.2) is 48.1 Å². The molecule has 144 valence electrons. The molecule has 2 amide bonds. The van der Waals surface area contributed by atoms with Crippen molar-refractivity contribution in [1.29, 1.82) is 0 Å². The SMILES string of the molecule is CCNC(=O)[C@@H]1C[C@H](NC(=O)CC(F)(F)F)CN1Cc1ccccc1F. The first-order chi connectivity index (χ1) is 12.2. The number of likely N-dealkylation sites (tertiary alicyclic amines) is 1. The average Bonchev–Trinajstić information content (AvgIpc) is 2.90. The fourth-order valence-corrected chi connectivity index (χ4v) is 3.05. The standard InChI is InChI=1S/C17H21F4N3O2/c1-2-22-16(26)14-7-12(23-15(25)8-17(19,20)21)10-24(14)9-11-5-3-4-6-13(11)18/h3-6,12,14H,2,7-10H2,1H3,(H,22,26)(H,23,25)/t12-,14-/m0/s1. The summed E-state index contributed by atoms with van der Waals surface area (Å²) in [7, 11) is 0. The van der Waals surface area contributed by atoms with Crippen molar-refractivity contribution in [3.05, 3.63) is 35.6 Å². The lowest BCUT2D eigenvalue weighted by molar-refractivity contribution is -0.154. The quantitative estimate of drug-likeness (QED) is 0.748. The highest BCUT2D eigenvalue weighted by atomic mass is 19.4. The lowest BCUT2D eigenvalue weighted by atomic mass is 10.1. The monoisotopic (exact) mass is 375 g/mol. The molecule has 1 aliphatic heterocycles. The number of alkyl halides is 3. The second-order valence-corrected chi connectivity index (χ2v) is 6.22. The molecule has 2 rings (SSSR count). The van der Waals surface area contributed by atoms with Gasteiger partial charge in [-0.15, -0.1) is 0 Å². The second kappa shape index (κ2) is 8.48. The molecule has 26 heavy (non-hydrogen) atoms. The van der Waals surface area contributed by atoms with Gasteiger partial charge >= 0.3 is 6.18 Å². The number of nitrogens with one attached hydrogen (secondary N) is 2. The Kier molecular flexibility index (Phi) is 6.57. The first kappa shape index (κ1) is 20.2. The molecular formula is C17H21F4N3O2. The maximum atomic E-state index is 13.9. The number of carbonyl (C=O) groups is 2. The minimum Gasteiger partial charge on any atom is -0.355 e. The molecule has 1 aliphatic rings. The lowest BCUT2D eigenvalue weighted by Gasteiger charge is -2.23. The zero-order valence-electron chi connectivity index (χ0n) is 14.3. The molecule has 0 bridgehead atoms. The Hall–Kier alpha value is -2.16. The van der Waals surface area contributed by atoms with Crippen molar-refractivity contribution in [1.82, 2.24) is 15.5 Å². The summed E-state index contributed by atoms with van der Waals surface area (Å²) >= 11 is 0. The van der Waals surface area contributed by atoms with Crippen LogP contribution in [0.15, 0.2) is 24.3 Å². The van der Waals surface area contributed by atoms with Crippen LogP contribution in [0.1, 0.15) is 25.3 Å². The van der Waals surface area contributed by atoms with Crippen LogP contribution in [0.4, 0.5) is 17.6 Å². The largest absolute Gasteiger partial charge is 0.397 e. The van der Waals surface area contributed by atoms with E-state index in [1.807, 2.05) is 0 Å². The van der Waals surface area contributed by atoms with Crippen LogP contribution >= 0.6 is 0 Å². The molecule has 1 aromatic rings. The normalized spacial score (nSPS) is 20.8. The van der Waals surface area contributed by atoms with Crippen molar-refractivity contribution in [3.8, 4) is 0 Å². The van der Waals surface area contributed by atoms with E-state index < -0.39 is 36.4 Å². The molecule has 1 saturated heterocycles. The first-order valence-electron chi connectivity index (χ1n) is 8.31. The molecule has 0 aromatic heterocycles. The maximum Gasteiger partial charge on any atom is 0.397 e. The third-order valence-electron chi connectivity index (χ3n) is 4.11. The number of hydrogen-bond donors (Lipinski definition) is 2. The number of amides is 2. The maximum absolute atomic E-state index is 13.9. The van der Waals surface area contributed by atoms with Crippen molar-refractivity contribution >= 4 is 11.8 Å². The predicted octanol–water partition coefficient (Wildman–Crippen LogP) is 1.97. The van der Waals surface area contributed by atoms with Crippen LogP contribution in [-0.2, 0) is 16.1 Å². The Morgan fingerprint density at radius 1 is 1.27 bits per heavy atom. The number of hydrogen-bond acceptors (Lipinski definition) is 3. The van der Waals surface area contributed by atoms with Gasteiger partial charge < -0.3 is 10.6 Å². The Bertz CT molecular complexity index is 651. The summed E-state index contributed by atoms with van der Waals surface area (Å²) in [6.07, 6.45) is -5.99. The number of rotatable bonds is 6. The predicted molar refractivity (Wildman–Crippen MR) is 86.5 cm³/mol. The van der Waals surface area contributed by atoms with Gasteiger partial charge in [-0.2, -0.15) is 13.2 Å². The van der Waals surface area contributed by atoms with Crippen LogP contribution in [0.25, 0.3) is 0 Å². The summed E-state index contributed by atoms with van der Waals surface area (Å²) in [5, 5.41) is 4.98. The molecule has 1 aromatic carbocycles. The molecule has 1 fully saturated rings. The molecule has 1 heterocycles. The van der Waals surface area contributed by atoms with E-state index in [4.69, 9.17) is 0 Å². The van der Waals surface area contributed by atoms with Gasteiger partial charge in [-0.1, -0.05) is 18.2 Å². The van der Waals surface area contributed by atoms with E-state index in [1.54, 1.807) is 30.0 Å². The number of benzene rings is 1. The Morgan fingerprint density at radius 2 is 1.96 bits per heavy atom. The number of halogens is 4. The second-order valence-electron chi connectivity index (χ2n) is 6.22. The van der Waals surface area contributed by atoms with Crippen LogP contribution in [0.3, 0.4) is 0 Å². The number of likely N-dealkylation sites (N-methyl/N-ethyl adjacent to an activating group) is 1. The van der Waals surface area contributed by atoms with Crippen molar-refractivity contribution in [2.45, 2.75) is 44.6 Å². The minimum atomic E-state index is -4.59. The van der Waals surface area contributed by atoms with E-state index in [9.17, 15) is 27.2 Å². The molecule has 9 heteroatoms. The van der Waals surface area contributed by atoms with Gasteiger partial charge in [-0.25, -0.2) is 4.39 Å². The molecule has 0 radical (unpaired) electrons. The van der Waals surface area contributed by atoms with Crippen molar-refractivity contribution in [2.24, 2.45) is 0 Å². The van der Waals surface area contributed by atoms with Crippen LogP contribution in [0.5, 0.6) is 0 Å². The van der Waals surface area contributed by atoms with E-state index in [2.05, 4.69) is 10.6 Å².